The quantitative estimate of drug-likeness (QED) is 0.911. The summed E-state index contributed by atoms with van der Waals surface area (Å²) in [6, 6.07) is 6.00. The molecule has 1 heterocycles. The zero-order valence-electron chi connectivity index (χ0n) is 8.28. The lowest BCUT2D eigenvalue weighted by atomic mass is 10.2. The highest BCUT2D eigenvalue weighted by molar-refractivity contribution is 9.11. The highest BCUT2D eigenvalue weighted by Crippen LogP contribution is 2.32. The first kappa shape index (κ1) is 12.2. The number of aromatic nitrogens is 2. The van der Waals surface area contributed by atoms with Crippen LogP contribution in [-0.4, -0.2) is 16.7 Å². The topological polar surface area (TPSA) is 51.8 Å². The van der Waals surface area contributed by atoms with Crippen molar-refractivity contribution in [1.82, 2.24) is 10.2 Å². The van der Waals surface area contributed by atoms with Crippen LogP contribution in [0, 0.1) is 0 Å². The van der Waals surface area contributed by atoms with Crippen molar-refractivity contribution in [1.29, 1.82) is 0 Å². The summed E-state index contributed by atoms with van der Waals surface area (Å²) in [5.74, 6) is 0. The van der Waals surface area contributed by atoms with E-state index in [1.54, 1.807) is 11.3 Å². The maximum atomic E-state index is 5.48. The number of halogens is 2. The van der Waals surface area contributed by atoms with E-state index in [0.29, 0.717) is 6.54 Å². The highest BCUT2D eigenvalue weighted by Gasteiger charge is 2.09. The second-order valence-corrected chi connectivity index (χ2v) is 6.00. The Kier molecular flexibility index (Phi) is 4.07. The lowest BCUT2D eigenvalue weighted by molar-refractivity contribution is 0.913. The fraction of sp³-hybridized carbons (Fsp3) is 0.200. The Morgan fingerprint density at radius 1 is 1.25 bits per heavy atom. The number of hydrogen-bond donors (Lipinski definition) is 1. The lowest BCUT2D eigenvalue weighted by Gasteiger charge is -1.99. The third-order valence-corrected chi connectivity index (χ3v) is 4.15. The van der Waals surface area contributed by atoms with Gasteiger partial charge in [0.25, 0.3) is 0 Å². The van der Waals surface area contributed by atoms with Gasteiger partial charge in [0, 0.05) is 20.9 Å². The fourth-order valence-electron chi connectivity index (χ4n) is 1.25. The van der Waals surface area contributed by atoms with Crippen molar-refractivity contribution < 1.29 is 0 Å². The van der Waals surface area contributed by atoms with Gasteiger partial charge in [0.2, 0.25) is 0 Å². The summed E-state index contributed by atoms with van der Waals surface area (Å²) in [6.45, 7) is 0.607. The summed E-state index contributed by atoms with van der Waals surface area (Å²) in [7, 11) is 0. The van der Waals surface area contributed by atoms with Crippen molar-refractivity contribution in [3.05, 3.63) is 32.2 Å². The normalized spacial score (nSPS) is 10.7. The van der Waals surface area contributed by atoms with Gasteiger partial charge < -0.3 is 5.73 Å². The first-order chi connectivity index (χ1) is 7.70. The minimum atomic E-state index is 0.607. The van der Waals surface area contributed by atoms with Crippen LogP contribution in [0.1, 0.15) is 5.01 Å². The Labute approximate surface area is 114 Å². The monoisotopic (exact) mass is 361 g/mol. The SMILES string of the molecule is NCCc1nnc(-c2ccc(Br)cc2Br)s1. The molecule has 2 N–H and O–H groups in total. The minimum Gasteiger partial charge on any atom is -0.330 e. The maximum absolute atomic E-state index is 5.48. The van der Waals surface area contributed by atoms with E-state index in [9.17, 15) is 0 Å². The Balaban J connectivity index is 2.35. The van der Waals surface area contributed by atoms with Crippen LogP contribution in [0.25, 0.3) is 10.6 Å². The number of benzene rings is 1. The third-order valence-electron chi connectivity index (χ3n) is 1.99. The van der Waals surface area contributed by atoms with Gasteiger partial charge in [0.05, 0.1) is 0 Å². The van der Waals surface area contributed by atoms with Gasteiger partial charge >= 0.3 is 0 Å². The number of hydrogen-bond acceptors (Lipinski definition) is 4. The molecule has 0 unspecified atom stereocenters. The second kappa shape index (κ2) is 5.35. The lowest BCUT2D eigenvalue weighted by Crippen LogP contribution is -2.01. The van der Waals surface area contributed by atoms with Gasteiger partial charge in [-0.1, -0.05) is 43.2 Å². The summed E-state index contributed by atoms with van der Waals surface area (Å²) >= 11 is 8.52. The van der Waals surface area contributed by atoms with Crippen molar-refractivity contribution >= 4 is 43.2 Å². The minimum absolute atomic E-state index is 0.607. The average molecular weight is 363 g/mol. The smallest absolute Gasteiger partial charge is 0.148 e. The summed E-state index contributed by atoms with van der Waals surface area (Å²) < 4.78 is 2.05. The zero-order chi connectivity index (χ0) is 11.5. The van der Waals surface area contributed by atoms with Crippen molar-refractivity contribution in [3.63, 3.8) is 0 Å². The maximum Gasteiger partial charge on any atom is 0.148 e. The molecule has 0 aliphatic carbocycles. The number of nitrogens with two attached hydrogens (primary N) is 1. The first-order valence-corrected chi connectivity index (χ1v) is 7.09. The summed E-state index contributed by atoms with van der Waals surface area (Å²) in [5.41, 5.74) is 6.54. The Hall–Kier alpha value is -0.300. The van der Waals surface area contributed by atoms with Crippen LogP contribution in [0.5, 0.6) is 0 Å². The van der Waals surface area contributed by atoms with Gasteiger partial charge in [-0.3, -0.25) is 0 Å². The Bertz CT molecular complexity index is 499. The Morgan fingerprint density at radius 3 is 2.75 bits per heavy atom. The predicted octanol–water partition coefficient (Wildman–Crippen LogP) is 3.23. The van der Waals surface area contributed by atoms with E-state index in [1.165, 1.54) is 0 Å². The molecule has 0 saturated carbocycles. The van der Waals surface area contributed by atoms with Crippen LogP contribution in [0.2, 0.25) is 0 Å². The van der Waals surface area contributed by atoms with Crippen molar-refractivity contribution in [2.45, 2.75) is 6.42 Å². The molecule has 84 valence electrons. The molecule has 1 aromatic heterocycles. The van der Waals surface area contributed by atoms with Crippen molar-refractivity contribution in [2.75, 3.05) is 6.54 Å². The van der Waals surface area contributed by atoms with E-state index in [-0.39, 0.29) is 0 Å². The van der Waals surface area contributed by atoms with Crippen LogP contribution in [0.15, 0.2) is 27.1 Å². The van der Waals surface area contributed by atoms with Gasteiger partial charge in [0.1, 0.15) is 10.0 Å². The molecule has 0 spiro atoms. The van der Waals surface area contributed by atoms with Gasteiger partial charge in [0.15, 0.2) is 0 Å². The number of rotatable bonds is 3. The van der Waals surface area contributed by atoms with Crippen LogP contribution >= 0.6 is 43.2 Å². The average Bonchev–Trinajstić information content (AvgIpc) is 2.67. The van der Waals surface area contributed by atoms with E-state index < -0.39 is 0 Å². The van der Waals surface area contributed by atoms with Crippen LogP contribution in [0.4, 0.5) is 0 Å². The Morgan fingerprint density at radius 2 is 2.06 bits per heavy atom. The number of nitrogens with zero attached hydrogens (tertiary/aromatic N) is 2. The third kappa shape index (κ3) is 2.68. The molecule has 0 saturated heterocycles. The van der Waals surface area contributed by atoms with Gasteiger partial charge in [-0.25, -0.2) is 0 Å². The second-order valence-electron chi connectivity index (χ2n) is 3.16. The summed E-state index contributed by atoms with van der Waals surface area (Å²) in [6.07, 6.45) is 0.784. The van der Waals surface area contributed by atoms with Crippen LogP contribution in [0.3, 0.4) is 0 Å². The van der Waals surface area contributed by atoms with E-state index >= 15 is 0 Å². The molecular formula is C10H9Br2N3S. The molecule has 0 radical (unpaired) electrons. The molecule has 2 rings (SSSR count). The van der Waals surface area contributed by atoms with Gasteiger partial charge in [-0.15, -0.1) is 10.2 Å². The molecule has 1 aromatic carbocycles. The van der Waals surface area contributed by atoms with E-state index in [0.717, 1.165) is 30.9 Å². The molecule has 16 heavy (non-hydrogen) atoms. The molecule has 0 amide bonds. The molecule has 0 aliphatic heterocycles. The van der Waals surface area contributed by atoms with Crippen molar-refractivity contribution in [3.8, 4) is 10.6 Å². The standard InChI is InChI=1S/C10H9Br2N3S/c11-6-1-2-7(8(12)5-6)10-15-14-9(16-10)3-4-13/h1-2,5H,3-4,13H2. The summed E-state index contributed by atoms with van der Waals surface area (Å²) in [4.78, 5) is 0. The molecule has 2 aromatic rings. The van der Waals surface area contributed by atoms with Gasteiger partial charge in [-0.05, 0) is 24.7 Å². The molecule has 0 atom stereocenters. The molecular weight excluding hydrogens is 354 g/mol. The zero-order valence-corrected chi connectivity index (χ0v) is 12.3. The van der Waals surface area contributed by atoms with E-state index in [1.807, 2.05) is 18.2 Å². The van der Waals surface area contributed by atoms with E-state index in [2.05, 4.69) is 42.1 Å². The predicted molar refractivity (Wildman–Crippen MR) is 73.5 cm³/mol. The van der Waals surface area contributed by atoms with Crippen molar-refractivity contribution in [2.24, 2.45) is 5.73 Å². The molecule has 0 bridgehead atoms. The molecule has 3 nitrogen and oxygen atoms in total. The highest BCUT2D eigenvalue weighted by atomic mass is 79.9. The largest absolute Gasteiger partial charge is 0.330 e. The fourth-order valence-corrected chi connectivity index (χ4v) is 3.51. The molecule has 6 heteroatoms. The van der Waals surface area contributed by atoms with E-state index in [4.69, 9.17) is 5.73 Å². The van der Waals surface area contributed by atoms with Crippen LogP contribution in [-0.2, 0) is 6.42 Å². The first-order valence-electron chi connectivity index (χ1n) is 4.68. The van der Waals surface area contributed by atoms with Gasteiger partial charge in [-0.2, -0.15) is 0 Å². The van der Waals surface area contributed by atoms with Crippen LogP contribution < -0.4 is 5.73 Å². The molecule has 0 aliphatic rings. The molecule has 0 fully saturated rings. The summed E-state index contributed by atoms with van der Waals surface area (Å²) in [5, 5.41) is 10.2.